The van der Waals surface area contributed by atoms with Crippen LogP contribution in [0.1, 0.15) is 54.9 Å². The van der Waals surface area contributed by atoms with E-state index < -0.39 is 0 Å². The molecule has 1 saturated heterocycles. The van der Waals surface area contributed by atoms with Gasteiger partial charge in [0.05, 0.1) is 10.7 Å². The fourth-order valence-corrected chi connectivity index (χ4v) is 4.23. The summed E-state index contributed by atoms with van der Waals surface area (Å²) in [6.45, 7) is 3.86. The molecular formula is C19H25N3OS. The number of hydrogen-bond donors (Lipinski definition) is 0. The minimum atomic E-state index is 0.280. The van der Waals surface area contributed by atoms with Gasteiger partial charge >= 0.3 is 0 Å². The van der Waals surface area contributed by atoms with Gasteiger partial charge < -0.3 is 4.90 Å². The molecule has 0 spiro atoms. The fraction of sp³-hybridized carbons (Fsp3) is 0.526. The van der Waals surface area contributed by atoms with Crippen LogP contribution in [0.25, 0.3) is 0 Å². The van der Waals surface area contributed by atoms with Gasteiger partial charge in [-0.15, -0.1) is 11.3 Å². The van der Waals surface area contributed by atoms with Crippen molar-refractivity contribution in [3.63, 3.8) is 0 Å². The first-order valence-corrected chi connectivity index (χ1v) is 9.76. The molecule has 128 valence electrons. The van der Waals surface area contributed by atoms with E-state index in [0.29, 0.717) is 12.3 Å². The smallest absolute Gasteiger partial charge is 0.222 e. The van der Waals surface area contributed by atoms with E-state index in [0.717, 1.165) is 50.9 Å². The zero-order chi connectivity index (χ0) is 16.8. The van der Waals surface area contributed by atoms with Crippen molar-refractivity contribution in [2.45, 2.75) is 51.4 Å². The summed E-state index contributed by atoms with van der Waals surface area (Å²) in [4.78, 5) is 23.6. The van der Waals surface area contributed by atoms with Gasteiger partial charge in [0.2, 0.25) is 5.91 Å². The third-order valence-corrected chi connectivity index (χ3v) is 5.66. The van der Waals surface area contributed by atoms with Gasteiger partial charge in [-0.3, -0.25) is 9.78 Å². The highest BCUT2D eigenvalue weighted by atomic mass is 32.1. The second kappa shape index (κ2) is 8.38. The third kappa shape index (κ3) is 4.41. The molecular weight excluding hydrogens is 318 g/mol. The maximum Gasteiger partial charge on any atom is 0.222 e. The summed E-state index contributed by atoms with van der Waals surface area (Å²) in [5, 5.41) is 3.36. The topological polar surface area (TPSA) is 46.1 Å². The maximum atomic E-state index is 12.5. The standard InChI is InChI=1S/C19H25N3OS/c1-2-16-14-24-19(21-16)15-7-6-12-22(13-15)18(23)10-5-9-17-8-3-4-11-20-17/h3-4,8,11,14-15H,2,5-7,9-10,12-13H2,1H3/t15-/m1/s1. The van der Waals surface area contributed by atoms with Crippen LogP contribution in [0.5, 0.6) is 0 Å². The van der Waals surface area contributed by atoms with Crippen LogP contribution in [0, 0.1) is 0 Å². The van der Waals surface area contributed by atoms with E-state index in [2.05, 4.69) is 17.3 Å². The summed E-state index contributed by atoms with van der Waals surface area (Å²) < 4.78 is 0. The number of rotatable bonds is 6. The molecule has 0 bridgehead atoms. The van der Waals surface area contributed by atoms with Crippen molar-refractivity contribution in [2.24, 2.45) is 0 Å². The summed E-state index contributed by atoms with van der Waals surface area (Å²) in [7, 11) is 0. The Kier molecular flexibility index (Phi) is 5.96. The van der Waals surface area contributed by atoms with Crippen molar-refractivity contribution in [3.8, 4) is 0 Å². The maximum absolute atomic E-state index is 12.5. The van der Waals surface area contributed by atoms with Crippen molar-refractivity contribution in [3.05, 3.63) is 46.2 Å². The molecule has 1 atom stereocenters. The molecule has 5 heteroatoms. The lowest BCUT2D eigenvalue weighted by molar-refractivity contribution is -0.132. The number of carbonyl (C=O) groups is 1. The molecule has 2 aromatic rings. The van der Waals surface area contributed by atoms with E-state index in [1.165, 1.54) is 10.7 Å². The lowest BCUT2D eigenvalue weighted by Gasteiger charge is -2.32. The average Bonchev–Trinajstić information content (AvgIpc) is 3.12. The highest BCUT2D eigenvalue weighted by molar-refractivity contribution is 7.09. The highest BCUT2D eigenvalue weighted by Gasteiger charge is 2.26. The summed E-state index contributed by atoms with van der Waals surface area (Å²) in [5.41, 5.74) is 2.24. The molecule has 3 rings (SSSR count). The van der Waals surface area contributed by atoms with Crippen LogP contribution in [-0.2, 0) is 17.6 Å². The summed E-state index contributed by atoms with van der Waals surface area (Å²) in [6.07, 6.45) is 7.38. The zero-order valence-corrected chi connectivity index (χ0v) is 15.1. The molecule has 1 fully saturated rings. The number of aromatic nitrogens is 2. The van der Waals surface area contributed by atoms with E-state index in [1.54, 1.807) is 11.3 Å². The largest absolute Gasteiger partial charge is 0.342 e. The van der Waals surface area contributed by atoms with Crippen molar-refractivity contribution in [2.75, 3.05) is 13.1 Å². The molecule has 0 aliphatic carbocycles. The molecule has 1 amide bonds. The summed E-state index contributed by atoms with van der Waals surface area (Å²) in [6, 6.07) is 5.94. The Hall–Kier alpha value is -1.75. The SMILES string of the molecule is CCc1csc([C@@H]2CCCN(C(=O)CCCc3ccccn3)C2)n1. The van der Waals surface area contributed by atoms with Gasteiger partial charge in [-0.1, -0.05) is 13.0 Å². The molecule has 24 heavy (non-hydrogen) atoms. The van der Waals surface area contributed by atoms with Crippen molar-refractivity contribution < 1.29 is 4.79 Å². The second-order valence-corrected chi connectivity index (χ2v) is 7.27. The lowest BCUT2D eigenvalue weighted by atomic mass is 9.98. The Morgan fingerprint density at radius 1 is 1.38 bits per heavy atom. The minimum Gasteiger partial charge on any atom is -0.342 e. The van der Waals surface area contributed by atoms with E-state index in [9.17, 15) is 4.79 Å². The Morgan fingerprint density at radius 3 is 3.04 bits per heavy atom. The Morgan fingerprint density at radius 2 is 2.29 bits per heavy atom. The van der Waals surface area contributed by atoms with Crippen LogP contribution in [0.3, 0.4) is 0 Å². The zero-order valence-electron chi connectivity index (χ0n) is 14.3. The van der Waals surface area contributed by atoms with Gasteiger partial charge in [0.25, 0.3) is 0 Å². The van der Waals surface area contributed by atoms with Crippen LogP contribution in [0.2, 0.25) is 0 Å². The van der Waals surface area contributed by atoms with Gasteiger partial charge in [-0.2, -0.15) is 0 Å². The third-order valence-electron chi connectivity index (χ3n) is 4.60. The quantitative estimate of drug-likeness (QED) is 0.801. The van der Waals surface area contributed by atoms with Crippen LogP contribution >= 0.6 is 11.3 Å². The number of piperidine rings is 1. The minimum absolute atomic E-state index is 0.280. The molecule has 0 unspecified atom stereocenters. The number of pyridine rings is 1. The van der Waals surface area contributed by atoms with Gasteiger partial charge in [-0.25, -0.2) is 4.98 Å². The van der Waals surface area contributed by atoms with Crippen LogP contribution in [0.15, 0.2) is 29.8 Å². The molecule has 0 N–H and O–H groups in total. The Bertz CT molecular complexity index is 656. The Labute approximate surface area is 147 Å². The van der Waals surface area contributed by atoms with Crippen LogP contribution < -0.4 is 0 Å². The number of aryl methyl sites for hydroxylation is 2. The predicted molar refractivity (Wildman–Crippen MR) is 97.2 cm³/mol. The lowest BCUT2D eigenvalue weighted by Crippen LogP contribution is -2.39. The van der Waals surface area contributed by atoms with E-state index in [-0.39, 0.29) is 5.91 Å². The van der Waals surface area contributed by atoms with E-state index in [4.69, 9.17) is 4.98 Å². The summed E-state index contributed by atoms with van der Waals surface area (Å²) >= 11 is 1.75. The van der Waals surface area contributed by atoms with Crippen molar-refractivity contribution in [1.29, 1.82) is 0 Å². The number of likely N-dealkylation sites (tertiary alicyclic amines) is 1. The number of carbonyl (C=O) groups excluding carboxylic acids is 1. The molecule has 0 radical (unpaired) electrons. The van der Waals surface area contributed by atoms with Gasteiger partial charge in [0, 0.05) is 42.7 Å². The van der Waals surface area contributed by atoms with E-state index >= 15 is 0 Å². The monoisotopic (exact) mass is 343 g/mol. The van der Waals surface area contributed by atoms with Crippen LogP contribution in [-0.4, -0.2) is 33.9 Å². The molecule has 1 aliphatic heterocycles. The van der Waals surface area contributed by atoms with Crippen LogP contribution in [0.4, 0.5) is 0 Å². The number of hydrogen-bond acceptors (Lipinski definition) is 4. The molecule has 0 aromatic carbocycles. The second-order valence-electron chi connectivity index (χ2n) is 6.38. The number of thiazole rings is 1. The fourth-order valence-electron chi connectivity index (χ4n) is 3.20. The van der Waals surface area contributed by atoms with Crippen molar-refractivity contribution >= 4 is 17.2 Å². The van der Waals surface area contributed by atoms with Crippen molar-refractivity contribution in [1.82, 2.24) is 14.9 Å². The highest BCUT2D eigenvalue weighted by Crippen LogP contribution is 2.29. The first kappa shape index (κ1) is 17.1. The molecule has 1 aliphatic rings. The first-order chi connectivity index (χ1) is 11.8. The normalized spacial score (nSPS) is 17.9. The van der Waals surface area contributed by atoms with Gasteiger partial charge in [0.1, 0.15) is 0 Å². The van der Waals surface area contributed by atoms with Gasteiger partial charge in [0.15, 0.2) is 0 Å². The average molecular weight is 343 g/mol. The molecule has 0 saturated carbocycles. The predicted octanol–water partition coefficient (Wildman–Crippen LogP) is 3.83. The number of amides is 1. The molecule has 2 aromatic heterocycles. The van der Waals surface area contributed by atoms with E-state index in [1.807, 2.05) is 29.3 Å². The van der Waals surface area contributed by atoms with Gasteiger partial charge in [-0.05, 0) is 44.2 Å². The molecule has 3 heterocycles. The summed E-state index contributed by atoms with van der Waals surface area (Å²) in [5.74, 6) is 0.701. The first-order valence-electron chi connectivity index (χ1n) is 8.88. The molecule has 4 nitrogen and oxygen atoms in total. The number of nitrogens with zero attached hydrogens (tertiary/aromatic N) is 3. The Balaban J connectivity index is 1.49.